The summed E-state index contributed by atoms with van der Waals surface area (Å²) in [6.07, 6.45) is 6.40. The molecule has 128 valence electrons. The maximum absolute atomic E-state index is 6.24. The summed E-state index contributed by atoms with van der Waals surface area (Å²) in [5.41, 5.74) is 9.21. The third kappa shape index (κ3) is 4.59. The van der Waals surface area contributed by atoms with E-state index in [2.05, 4.69) is 10.3 Å². The third-order valence-electron chi connectivity index (χ3n) is 4.24. The van der Waals surface area contributed by atoms with Crippen LogP contribution in [0.5, 0.6) is 5.75 Å². The summed E-state index contributed by atoms with van der Waals surface area (Å²) in [5.74, 6) is 6.71. The summed E-state index contributed by atoms with van der Waals surface area (Å²) in [5, 5.41) is 4.59. The number of likely N-dealkylation sites (N-methyl/N-ethyl adjacent to an activating group) is 2. The Morgan fingerprint density at radius 3 is 2.61 bits per heavy atom. The minimum atomic E-state index is 0.318. The molecule has 1 aromatic rings. The molecule has 0 atom stereocenters. The monoisotopic (exact) mass is 319 g/mol. The zero-order chi connectivity index (χ0) is 16.8. The van der Waals surface area contributed by atoms with Crippen LogP contribution in [0.1, 0.15) is 43.5 Å². The zero-order valence-corrected chi connectivity index (χ0v) is 14.4. The molecule has 0 bridgehead atoms. The van der Waals surface area contributed by atoms with Crippen LogP contribution >= 0.6 is 0 Å². The van der Waals surface area contributed by atoms with Crippen molar-refractivity contribution in [3.8, 4) is 5.75 Å². The lowest BCUT2D eigenvalue weighted by Gasteiger charge is -2.24. The van der Waals surface area contributed by atoms with Gasteiger partial charge in [0.15, 0.2) is 0 Å². The number of pyridine rings is 1. The van der Waals surface area contributed by atoms with Crippen molar-refractivity contribution in [3.63, 3.8) is 0 Å². The van der Waals surface area contributed by atoms with E-state index in [-0.39, 0.29) is 0 Å². The largest absolute Gasteiger partial charge is 0.489 e. The lowest BCUT2D eigenvalue weighted by atomic mass is 9.98. The molecule has 0 unspecified atom stereocenters. The van der Waals surface area contributed by atoms with Crippen molar-refractivity contribution in [3.05, 3.63) is 29.2 Å². The average Bonchev–Trinajstić information content (AvgIpc) is 2.54. The van der Waals surface area contributed by atoms with Crippen molar-refractivity contribution < 1.29 is 4.74 Å². The zero-order valence-electron chi connectivity index (χ0n) is 14.4. The van der Waals surface area contributed by atoms with Crippen molar-refractivity contribution in [2.24, 2.45) is 11.6 Å². The molecule has 5 N–H and O–H groups in total. The molecule has 0 spiro atoms. The Bertz CT molecular complexity index is 550. The molecule has 1 aromatic heterocycles. The Labute approximate surface area is 138 Å². The van der Waals surface area contributed by atoms with E-state index in [4.69, 9.17) is 16.3 Å². The molecule has 1 aliphatic carbocycles. The Morgan fingerprint density at radius 1 is 1.35 bits per heavy atom. The van der Waals surface area contributed by atoms with E-state index in [1.165, 1.54) is 24.3 Å². The van der Waals surface area contributed by atoms with Crippen LogP contribution in [-0.4, -0.2) is 36.7 Å². The molecule has 0 radical (unpaired) electrons. The smallest absolute Gasteiger partial charge is 0.140 e. The van der Waals surface area contributed by atoms with Gasteiger partial charge in [0.2, 0.25) is 0 Å². The quantitative estimate of drug-likeness (QED) is 0.547. The normalized spacial score (nSPS) is 16.9. The minimum absolute atomic E-state index is 0.318. The van der Waals surface area contributed by atoms with Crippen molar-refractivity contribution in [2.75, 3.05) is 20.6 Å². The second-order valence-corrected chi connectivity index (χ2v) is 6.16. The van der Waals surface area contributed by atoms with Gasteiger partial charge in [0.05, 0.1) is 28.9 Å². The van der Waals surface area contributed by atoms with Gasteiger partial charge < -0.3 is 20.8 Å². The highest BCUT2D eigenvalue weighted by Gasteiger charge is 2.17. The van der Waals surface area contributed by atoms with Crippen LogP contribution in [0.25, 0.3) is 5.70 Å². The number of aromatic nitrogens is 1. The van der Waals surface area contributed by atoms with E-state index in [9.17, 15) is 0 Å². The molecule has 6 nitrogen and oxygen atoms in total. The number of hydrazine groups is 1. The van der Waals surface area contributed by atoms with Crippen LogP contribution in [-0.2, 0) is 0 Å². The molecule has 1 saturated carbocycles. The summed E-state index contributed by atoms with van der Waals surface area (Å²) in [4.78, 5) is 4.61. The molecule has 0 aromatic carbocycles. The molecular weight excluding hydrogens is 290 g/mol. The van der Waals surface area contributed by atoms with Gasteiger partial charge in [-0.3, -0.25) is 0 Å². The van der Waals surface area contributed by atoms with Crippen molar-refractivity contribution in [1.82, 2.24) is 15.3 Å². The fourth-order valence-electron chi connectivity index (χ4n) is 2.91. The van der Waals surface area contributed by atoms with E-state index in [0.29, 0.717) is 18.3 Å². The fraction of sp³-hybridized carbons (Fsp3) is 0.588. The predicted molar refractivity (Wildman–Crippen MR) is 93.5 cm³/mol. The van der Waals surface area contributed by atoms with Gasteiger partial charge in [-0.25, -0.2) is 10.8 Å². The average molecular weight is 319 g/mol. The lowest BCUT2D eigenvalue weighted by molar-refractivity contribution is 0.153. The van der Waals surface area contributed by atoms with Gasteiger partial charge in [-0.15, -0.1) is 0 Å². The van der Waals surface area contributed by atoms with E-state index >= 15 is 0 Å². The summed E-state index contributed by atoms with van der Waals surface area (Å²) >= 11 is 0. The number of ether oxygens (including phenoxy) is 1. The lowest BCUT2D eigenvalue weighted by Crippen LogP contribution is -2.33. The van der Waals surface area contributed by atoms with E-state index in [1.54, 1.807) is 7.05 Å². The van der Waals surface area contributed by atoms with Crippen LogP contribution in [0.4, 0.5) is 0 Å². The number of nitrogens with zero attached hydrogens (tertiary/aromatic N) is 2. The first kappa shape index (κ1) is 17.6. The number of rotatable bonds is 6. The van der Waals surface area contributed by atoms with Gasteiger partial charge in [-0.1, -0.05) is 6.42 Å². The highest BCUT2D eigenvalue weighted by Crippen LogP contribution is 2.26. The number of nitrogens with one attached hydrogen (secondary N) is 1. The van der Waals surface area contributed by atoms with E-state index in [0.717, 1.165) is 35.7 Å². The van der Waals surface area contributed by atoms with Gasteiger partial charge in [0.25, 0.3) is 0 Å². The molecule has 23 heavy (non-hydrogen) atoms. The van der Waals surface area contributed by atoms with Crippen LogP contribution < -0.4 is 21.6 Å². The summed E-state index contributed by atoms with van der Waals surface area (Å²) < 4.78 is 6.11. The van der Waals surface area contributed by atoms with Crippen molar-refractivity contribution in [2.45, 2.75) is 45.1 Å². The van der Waals surface area contributed by atoms with Gasteiger partial charge in [-0.2, -0.15) is 0 Å². The maximum atomic E-state index is 6.24. The Balaban J connectivity index is 2.18. The molecular formula is C17H29N5O. The molecule has 0 saturated heterocycles. The first-order valence-corrected chi connectivity index (χ1v) is 8.29. The first-order chi connectivity index (χ1) is 11.0. The van der Waals surface area contributed by atoms with Crippen molar-refractivity contribution >= 4 is 5.70 Å². The number of hydrogen-bond donors (Lipinski definition) is 3. The number of nitrogens with two attached hydrogens (primary N) is 2. The van der Waals surface area contributed by atoms with Crippen LogP contribution in [0.2, 0.25) is 0 Å². The van der Waals surface area contributed by atoms with Crippen LogP contribution in [0.3, 0.4) is 0 Å². The Kier molecular flexibility index (Phi) is 6.24. The summed E-state index contributed by atoms with van der Waals surface area (Å²) in [6, 6.07) is 3.87. The molecule has 0 amide bonds. The number of hydrogen-bond acceptors (Lipinski definition) is 6. The summed E-state index contributed by atoms with van der Waals surface area (Å²) in [7, 11) is 3.63. The Morgan fingerprint density at radius 2 is 2.04 bits per heavy atom. The number of aryl methyl sites for hydroxylation is 1. The van der Waals surface area contributed by atoms with E-state index < -0.39 is 0 Å². The second kappa shape index (κ2) is 8.17. The van der Waals surface area contributed by atoms with E-state index in [1.807, 2.05) is 26.1 Å². The predicted octanol–water partition coefficient (Wildman–Crippen LogP) is 1.75. The highest BCUT2D eigenvalue weighted by molar-refractivity contribution is 5.63. The molecule has 1 fully saturated rings. The molecule has 6 heteroatoms. The first-order valence-electron chi connectivity index (χ1n) is 8.29. The van der Waals surface area contributed by atoms with Gasteiger partial charge in [-0.05, 0) is 51.8 Å². The molecule has 1 aliphatic rings. The Hall–Kier alpha value is -1.79. The topological polar surface area (TPSA) is 89.4 Å². The SMILES string of the molecule is CNC/C(=C(/N)c1ccc(OC2CCCCC2)c(C)n1)N(C)N. The minimum Gasteiger partial charge on any atom is -0.489 e. The molecule has 0 aliphatic heterocycles. The highest BCUT2D eigenvalue weighted by atomic mass is 16.5. The second-order valence-electron chi connectivity index (χ2n) is 6.16. The standard InChI is InChI=1S/C17H29N5O/c1-12-16(23-13-7-5-4-6-8-13)10-9-14(21-12)17(18)15(11-20-2)22(3)19/h9-10,13,20H,4-8,11,18-19H2,1-3H3/b17-15-. The molecule has 1 heterocycles. The van der Waals surface area contributed by atoms with Crippen molar-refractivity contribution in [1.29, 1.82) is 0 Å². The van der Waals surface area contributed by atoms with Gasteiger partial charge in [0, 0.05) is 13.6 Å². The third-order valence-corrected chi connectivity index (χ3v) is 4.24. The van der Waals surface area contributed by atoms with Gasteiger partial charge >= 0.3 is 0 Å². The van der Waals surface area contributed by atoms with Crippen LogP contribution in [0, 0.1) is 6.92 Å². The summed E-state index contributed by atoms with van der Waals surface area (Å²) in [6.45, 7) is 2.54. The maximum Gasteiger partial charge on any atom is 0.140 e. The van der Waals surface area contributed by atoms with Crippen LogP contribution in [0.15, 0.2) is 17.8 Å². The van der Waals surface area contributed by atoms with Gasteiger partial charge in [0.1, 0.15) is 5.75 Å². The molecule has 2 rings (SSSR count). The fourth-order valence-corrected chi connectivity index (χ4v) is 2.91.